The van der Waals surface area contributed by atoms with Gasteiger partial charge >= 0.3 is 5.97 Å². The highest BCUT2D eigenvalue weighted by molar-refractivity contribution is 5.69. The van der Waals surface area contributed by atoms with Crippen molar-refractivity contribution in [2.24, 2.45) is 0 Å². The summed E-state index contributed by atoms with van der Waals surface area (Å²) in [5, 5.41) is 0. The van der Waals surface area contributed by atoms with Gasteiger partial charge in [-0.1, -0.05) is 32.6 Å². The zero-order valence-electron chi connectivity index (χ0n) is 16.2. The number of hydrogen-bond acceptors (Lipinski definition) is 4. The summed E-state index contributed by atoms with van der Waals surface area (Å²) in [6.07, 6.45) is 15.7. The van der Waals surface area contributed by atoms with Gasteiger partial charge in [0, 0.05) is 19.6 Å². The van der Waals surface area contributed by atoms with E-state index in [1.807, 2.05) is 0 Å². The Labute approximate surface area is 154 Å². The molecule has 2 rings (SSSR count). The average Bonchev–Trinajstić information content (AvgIpc) is 3.30. The second kappa shape index (κ2) is 12.7. The molecule has 2 heterocycles. The van der Waals surface area contributed by atoms with Gasteiger partial charge in [-0.2, -0.15) is 0 Å². The molecule has 0 aliphatic carbocycles. The Balaban J connectivity index is 1.66. The second-order valence-corrected chi connectivity index (χ2v) is 7.70. The van der Waals surface area contributed by atoms with Crippen LogP contribution in [0.5, 0.6) is 0 Å². The molecule has 0 radical (unpaired) electrons. The van der Waals surface area contributed by atoms with Gasteiger partial charge in [-0.05, 0) is 57.8 Å². The van der Waals surface area contributed by atoms with Gasteiger partial charge in [0.1, 0.15) is 6.10 Å². The predicted octanol–water partition coefficient (Wildman–Crippen LogP) is 5.18. The second-order valence-electron chi connectivity index (χ2n) is 7.70. The zero-order valence-corrected chi connectivity index (χ0v) is 16.2. The lowest BCUT2D eigenvalue weighted by Crippen LogP contribution is -2.22. The molecule has 0 aromatic rings. The lowest BCUT2D eigenvalue weighted by atomic mass is 10.0. The number of ether oxygens (including phenoxy) is 3. The summed E-state index contributed by atoms with van der Waals surface area (Å²) in [7, 11) is 0. The first kappa shape index (κ1) is 20.7. The van der Waals surface area contributed by atoms with Crippen molar-refractivity contribution >= 4 is 5.97 Å². The molecule has 0 amide bonds. The molecule has 2 saturated heterocycles. The summed E-state index contributed by atoms with van der Waals surface area (Å²) in [6, 6.07) is 0. The molecular formula is C21H38O4. The van der Waals surface area contributed by atoms with Gasteiger partial charge in [-0.3, -0.25) is 4.79 Å². The Kier molecular flexibility index (Phi) is 10.5. The van der Waals surface area contributed by atoms with E-state index < -0.39 is 0 Å². The Morgan fingerprint density at radius 3 is 2.08 bits per heavy atom. The standard InChI is InChI=1S/C21H38O4/c1-2-3-4-5-6-11-21(22)25-20(14-12-18-9-7-16-23-18)15-13-19-10-8-17-24-19/h18-20H,2-17H2,1H3. The molecule has 146 valence electrons. The minimum Gasteiger partial charge on any atom is -0.462 e. The molecule has 2 aliphatic rings. The van der Waals surface area contributed by atoms with Gasteiger partial charge in [0.2, 0.25) is 0 Å². The highest BCUT2D eigenvalue weighted by Gasteiger charge is 2.23. The summed E-state index contributed by atoms with van der Waals surface area (Å²) in [4.78, 5) is 12.2. The first-order valence-corrected chi connectivity index (χ1v) is 10.7. The van der Waals surface area contributed by atoms with Gasteiger partial charge in [-0.15, -0.1) is 0 Å². The van der Waals surface area contributed by atoms with E-state index in [4.69, 9.17) is 14.2 Å². The third-order valence-electron chi connectivity index (χ3n) is 5.45. The highest BCUT2D eigenvalue weighted by atomic mass is 16.5. The largest absolute Gasteiger partial charge is 0.462 e. The molecule has 0 N–H and O–H groups in total. The molecule has 0 saturated carbocycles. The van der Waals surface area contributed by atoms with E-state index >= 15 is 0 Å². The lowest BCUT2D eigenvalue weighted by Gasteiger charge is -2.21. The Bertz CT molecular complexity index is 326. The highest BCUT2D eigenvalue weighted by Crippen LogP contribution is 2.23. The molecule has 4 nitrogen and oxygen atoms in total. The van der Waals surface area contributed by atoms with Crippen molar-refractivity contribution in [2.45, 2.75) is 115 Å². The van der Waals surface area contributed by atoms with E-state index in [-0.39, 0.29) is 12.1 Å². The van der Waals surface area contributed by atoms with Crippen LogP contribution in [0.25, 0.3) is 0 Å². The summed E-state index contributed by atoms with van der Waals surface area (Å²) >= 11 is 0. The molecule has 4 heteroatoms. The van der Waals surface area contributed by atoms with Crippen LogP contribution in [-0.2, 0) is 19.0 Å². The molecule has 0 aromatic heterocycles. The van der Waals surface area contributed by atoms with Gasteiger partial charge in [-0.25, -0.2) is 0 Å². The maximum atomic E-state index is 12.2. The number of carbonyl (C=O) groups is 1. The summed E-state index contributed by atoms with van der Waals surface area (Å²) in [5.41, 5.74) is 0. The topological polar surface area (TPSA) is 44.8 Å². The van der Waals surface area contributed by atoms with Gasteiger partial charge in [0.05, 0.1) is 12.2 Å². The van der Waals surface area contributed by atoms with E-state index in [0.717, 1.165) is 64.6 Å². The average molecular weight is 355 g/mol. The number of hydrogen-bond donors (Lipinski definition) is 0. The van der Waals surface area contributed by atoms with Crippen molar-refractivity contribution in [1.29, 1.82) is 0 Å². The molecule has 2 unspecified atom stereocenters. The lowest BCUT2D eigenvalue weighted by molar-refractivity contribution is -0.150. The minimum atomic E-state index is -0.0128. The Morgan fingerprint density at radius 2 is 1.56 bits per heavy atom. The normalized spacial score (nSPS) is 24.5. The van der Waals surface area contributed by atoms with E-state index in [1.54, 1.807) is 0 Å². The van der Waals surface area contributed by atoms with E-state index in [0.29, 0.717) is 18.6 Å². The van der Waals surface area contributed by atoms with Crippen molar-refractivity contribution in [2.75, 3.05) is 13.2 Å². The predicted molar refractivity (Wildman–Crippen MR) is 99.7 cm³/mol. The minimum absolute atomic E-state index is 0.0128. The van der Waals surface area contributed by atoms with Crippen LogP contribution in [0.3, 0.4) is 0 Å². The number of esters is 1. The van der Waals surface area contributed by atoms with E-state index in [2.05, 4.69) is 6.92 Å². The summed E-state index contributed by atoms with van der Waals surface area (Å²) in [5.74, 6) is -0.0128. The fraction of sp³-hybridized carbons (Fsp3) is 0.952. The summed E-state index contributed by atoms with van der Waals surface area (Å²) < 4.78 is 17.3. The van der Waals surface area contributed by atoms with Crippen LogP contribution in [-0.4, -0.2) is 37.5 Å². The smallest absolute Gasteiger partial charge is 0.306 e. The number of carbonyl (C=O) groups excluding carboxylic acids is 1. The summed E-state index contributed by atoms with van der Waals surface area (Å²) in [6.45, 7) is 3.99. The van der Waals surface area contributed by atoms with Crippen LogP contribution in [0, 0.1) is 0 Å². The zero-order chi connectivity index (χ0) is 17.7. The van der Waals surface area contributed by atoms with Crippen LogP contribution in [0.2, 0.25) is 0 Å². The van der Waals surface area contributed by atoms with Crippen molar-refractivity contribution in [1.82, 2.24) is 0 Å². The Morgan fingerprint density at radius 1 is 0.960 bits per heavy atom. The molecule has 2 aliphatic heterocycles. The number of rotatable bonds is 13. The fourth-order valence-electron chi connectivity index (χ4n) is 3.87. The van der Waals surface area contributed by atoms with E-state index in [9.17, 15) is 4.79 Å². The molecule has 0 spiro atoms. The van der Waals surface area contributed by atoms with Crippen molar-refractivity contribution < 1.29 is 19.0 Å². The maximum Gasteiger partial charge on any atom is 0.306 e. The molecule has 2 atom stereocenters. The Hall–Kier alpha value is -0.610. The van der Waals surface area contributed by atoms with Crippen molar-refractivity contribution in [3.05, 3.63) is 0 Å². The molecule has 0 bridgehead atoms. The molecule has 0 aromatic carbocycles. The van der Waals surface area contributed by atoms with Crippen LogP contribution in [0.15, 0.2) is 0 Å². The van der Waals surface area contributed by atoms with Gasteiger partial charge in [0.25, 0.3) is 0 Å². The van der Waals surface area contributed by atoms with Crippen molar-refractivity contribution in [3.8, 4) is 0 Å². The molecular weight excluding hydrogens is 316 g/mol. The molecule has 25 heavy (non-hydrogen) atoms. The van der Waals surface area contributed by atoms with Crippen molar-refractivity contribution in [3.63, 3.8) is 0 Å². The quantitative estimate of drug-likeness (QED) is 0.338. The fourth-order valence-corrected chi connectivity index (χ4v) is 3.87. The first-order chi connectivity index (χ1) is 12.3. The van der Waals surface area contributed by atoms with E-state index in [1.165, 1.54) is 32.1 Å². The first-order valence-electron chi connectivity index (χ1n) is 10.7. The molecule has 2 fully saturated rings. The van der Waals surface area contributed by atoms with Gasteiger partial charge in [0.15, 0.2) is 0 Å². The van der Waals surface area contributed by atoms with Crippen LogP contribution >= 0.6 is 0 Å². The van der Waals surface area contributed by atoms with Crippen LogP contribution < -0.4 is 0 Å². The third-order valence-corrected chi connectivity index (χ3v) is 5.45. The maximum absolute atomic E-state index is 12.2. The van der Waals surface area contributed by atoms with Crippen LogP contribution in [0.4, 0.5) is 0 Å². The third kappa shape index (κ3) is 9.05. The van der Waals surface area contributed by atoms with Crippen LogP contribution in [0.1, 0.15) is 96.8 Å². The SMILES string of the molecule is CCCCCCCC(=O)OC(CCC1CCCO1)CCC1CCCO1. The monoisotopic (exact) mass is 354 g/mol. The van der Waals surface area contributed by atoms with Gasteiger partial charge < -0.3 is 14.2 Å². The number of unbranched alkanes of at least 4 members (excludes halogenated alkanes) is 4.